The summed E-state index contributed by atoms with van der Waals surface area (Å²) in [5, 5.41) is 4.55. The number of halogens is 2. The average Bonchev–Trinajstić information content (AvgIpc) is 3.07. The number of rotatable bonds is 2. The molecule has 2 aromatic carbocycles. The molecule has 0 amide bonds. The number of aromatic nitrogens is 2. The summed E-state index contributed by atoms with van der Waals surface area (Å²) >= 11 is 11.5. The van der Waals surface area contributed by atoms with Crippen LogP contribution in [0.1, 0.15) is 24.6 Å². The van der Waals surface area contributed by atoms with Crippen LogP contribution < -0.4 is 5.32 Å². The van der Waals surface area contributed by atoms with Crippen molar-refractivity contribution in [2.75, 3.05) is 18.4 Å². The Morgan fingerprint density at radius 2 is 1.92 bits per heavy atom. The van der Waals surface area contributed by atoms with Gasteiger partial charge in [0.15, 0.2) is 5.11 Å². The van der Waals surface area contributed by atoms with Gasteiger partial charge in [0.05, 0.1) is 11.0 Å². The molecule has 1 aliphatic rings. The van der Waals surface area contributed by atoms with Crippen LogP contribution in [0.5, 0.6) is 0 Å². The largest absolute Gasteiger partial charge is 0.349 e. The van der Waals surface area contributed by atoms with Crippen molar-refractivity contribution >= 4 is 45.7 Å². The first-order chi connectivity index (χ1) is 12.6. The third-order valence-corrected chi connectivity index (χ3v) is 5.32. The Hall–Kier alpha value is -2.18. The van der Waals surface area contributed by atoms with E-state index < -0.39 is 0 Å². The molecule has 134 valence electrons. The number of anilines is 1. The van der Waals surface area contributed by atoms with Crippen LogP contribution in [0.2, 0.25) is 5.02 Å². The lowest BCUT2D eigenvalue weighted by molar-refractivity contribution is 0.311. The van der Waals surface area contributed by atoms with Crippen molar-refractivity contribution < 1.29 is 4.39 Å². The first-order valence-electron chi connectivity index (χ1n) is 8.55. The van der Waals surface area contributed by atoms with E-state index in [1.807, 2.05) is 18.2 Å². The van der Waals surface area contributed by atoms with Crippen LogP contribution in [0.3, 0.4) is 0 Å². The lowest BCUT2D eigenvalue weighted by Gasteiger charge is -2.33. The van der Waals surface area contributed by atoms with Gasteiger partial charge in [0, 0.05) is 29.7 Å². The number of nitrogens with zero attached hydrogens (tertiary/aromatic N) is 2. The summed E-state index contributed by atoms with van der Waals surface area (Å²) in [6, 6.07) is 11.9. The molecule has 7 heteroatoms. The van der Waals surface area contributed by atoms with E-state index in [0.717, 1.165) is 48.5 Å². The van der Waals surface area contributed by atoms with E-state index in [4.69, 9.17) is 28.8 Å². The predicted octanol–water partition coefficient (Wildman–Crippen LogP) is 4.93. The maximum Gasteiger partial charge on any atom is 0.173 e. The van der Waals surface area contributed by atoms with Crippen molar-refractivity contribution in [2.24, 2.45) is 0 Å². The second-order valence-electron chi connectivity index (χ2n) is 6.48. The molecule has 1 aromatic heterocycles. The predicted molar refractivity (Wildman–Crippen MR) is 107 cm³/mol. The molecule has 0 atom stereocenters. The number of benzene rings is 2. The second kappa shape index (κ2) is 7.21. The fourth-order valence-corrected chi connectivity index (χ4v) is 3.76. The molecular formula is C19H18ClFN4S. The Labute approximate surface area is 161 Å². The number of H-pyrrole nitrogens is 1. The fraction of sp³-hybridized carbons (Fsp3) is 0.263. The summed E-state index contributed by atoms with van der Waals surface area (Å²) in [5.41, 5.74) is 2.72. The van der Waals surface area contributed by atoms with Crippen molar-refractivity contribution in [3.8, 4) is 0 Å². The van der Waals surface area contributed by atoms with E-state index in [1.54, 1.807) is 12.1 Å². The summed E-state index contributed by atoms with van der Waals surface area (Å²) in [6.45, 7) is 1.71. The summed E-state index contributed by atoms with van der Waals surface area (Å²) < 4.78 is 13.0. The van der Waals surface area contributed by atoms with Gasteiger partial charge in [-0.3, -0.25) is 0 Å². The van der Waals surface area contributed by atoms with Crippen LogP contribution in [0.15, 0.2) is 42.5 Å². The molecule has 0 aliphatic carbocycles. The maximum absolute atomic E-state index is 13.0. The Morgan fingerprint density at radius 3 is 2.65 bits per heavy atom. The lowest BCUT2D eigenvalue weighted by atomic mass is 9.96. The van der Waals surface area contributed by atoms with E-state index in [0.29, 0.717) is 16.1 Å². The molecule has 26 heavy (non-hydrogen) atoms. The molecule has 1 saturated heterocycles. The number of piperidine rings is 1. The third kappa shape index (κ3) is 3.66. The van der Waals surface area contributed by atoms with Crippen molar-refractivity contribution in [3.63, 3.8) is 0 Å². The molecule has 0 radical (unpaired) electrons. The van der Waals surface area contributed by atoms with Gasteiger partial charge < -0.3 is 15.2 Å². The van der Waals surface area contributed by atoms with Crippen LogP contribution in [0, 0.1) is 5.82 Å². The zero-order chi connectivity index (χ0) is 18.1. The van der Waals surface area contributed by atoms with E-state index in [-0.39, 0.29) is 5.82 Å². The zero-order valence-corrected chi connectivity index (χ0v) is 15.6. The molecule has 0 bridgehead atoms. The van der Waals surface area contributed by atoms with Crippen LogP contribution in [-0.2, 0) is 0 Å². The first kappa shape index (κ1) is 17.2. The van der Waals surface area contributed by atoms with Gasteiger partial charge in [0.25, 0.3) is 0 Å². The summed E-state index contributed by atoms with van der Waals surface area (Å²) in [5.74, 6) is 1.14. The van der Waals surface area contributed by atoms with E-state index in [2.05, 4.69) is 15.2 Å². The Bertz CT molecular complexity index is 932. The molecule has 3 aromatic rings. The molecule has 0 unspecified atom stereocenters. The van der Waals surface area contributed by atoms with Crippen LogP contribution in [0.25, 0.3) is 11.0 Å². The van der Waals surface area contributed by atoms with Gasteiger partial charge in [-0.1, -0.05) is 11.6 Å². The minimum atomic E-state index is -0.255. The van der Waals surface area contributed by atoms with Crippen LogP contribution in [-0.4, -0.2) is 33.1 Å². The van der Waals surface area contributed by atoms with Crippen molar-refractivity contribution in [1.29, 1.82) is 0 Å². The summed E-state index contributed by atoms with van der Waals surface area (Å²) in [4.78, 5) is 10.3. The molecule has 1 fully saturated rings. The Balaban J connectivity index is 1.38. The fourth-order valence-electron chi connectivity index (χ4n) is 3.29. The quantitative estimate of drug-likeness (QED) is 0.611. The minimum Gasteiger partial charge on any atom is -0.349 e. The van der Waals surface area contributed by atoms with Crippen molar-refractivity contribution in [1.82, 2.24) is 14.9 Å². The van der Waals surface area contributed by atoms with Gasteiger partial charge in [-0.2, -0.15) is 0 Å². The molecule has 4 nitrogen and oxygen atoms in total. The summed E-state index contributed by atoms with van der Waals surface area (Å²) in [7, 11) is 0. The maximum atomic E-state index is 13.0. The number of imidazole rings is 1. The molecule has 4 rings (SSSR count). The number of aromatic amines is 1. The van der Waals surface area contributed by atoms with Gasteiger partial charge in [-0.15, -0.1) is 0 Å². The minimum absolute atomic E-state index is 0.255. The smallest absolute Gasteiger partial charge is 0.173 e. The Kier molecular flexibility index (Phi) is 4.78. The molecule has 2 N–H and O–H groups in total. The highest BCUT2D eigenvalue weighted by Gasteiger charge is 2.24. The SMILES string of the molecule is Fc1ccc(NC(=S)N2CCC(c3nc4ccc(Cl)cc4[nH]3)CC2)cc1. The number of hydrogen-bond acceptors (Lipinski definition) is 2. The normalized spacial score (nSPS) is 15.4. The van der Waals surface area contributed by atoms with Crippen LogP contribution >= 0.6 is 23.8 Å². The number of hydrogen-bond donors (Lipinski definition) is 2. The van der Waals surface area contributed by atoms with Crippen molar-refractivity contribution in [2.45, 2.75) is 18.8 Å². The van der Waals surface area contributed by atoms with Crippen molar-refractivity contribution in [3.05, 3.63) is 59.1 Å². The zero-order valence-electron chi connectivity index (χ0n) is 14.0. The molecular weight excluding hydrogens is 371 g/mol. The first-order valence-corrected chi connectivity index (χ1v) is 9.34. The molecule has 0 spiro atoms. The topological polar surface area (TPSA) is 44.0 Å². The highest BCUT2D eigenvalue weighted by molar-refractivity contribution is 7.80. The van der Waals surface area contributed by atoms with Gasteiger partial charge in [0.1, 0.15) is 11.6 Å². The number of fused-ring (bicyclic) bond motifs is 1. The highest BCUT2D eigenvalue weighted by Crippen LogP contribution is 2.28. The van der Waals surface area contributed by atoms with E-state index in [1.165, 1.54) is 12.1 Å². The van der Waals surface area contributed by atoms with Gasteiger partial charge >= 0.3 is 0 Å². The number of thiocarbonyl (C=S) groups is 1. The number of nitrogens with one attached hydrogen (secondary N) is 2. The number of likely N-dealkylation sites (tertiary alicyclic amines) is 1. The van der Waals surface area contributed by atoms with Crippen LogP contribution in [0.4, 0.5) is 10.1 Å². The highest BCUT2D eigenvalue weighted by atomic mass is 35.5. The second-order valence-corrected chi connectivity index (χ2v) is 7.31. The van der Waals surface area contributed by atoms with Gasteiger partial charge in [-0.05, 0) is 67.5 Å². The van der Waals surface area contributed by atoms with Gasteiger partial charge in [-0.25, -0.2) is 9.37 Å². The van der Waals surface area contributed by atoms with E-state index in [9.17, 15) is 4.39 Å². The van der Waals surface area contributed by atoms with E-state index >= 15 is 0 Å². The Morgan fingerprint density at radius 1 is 1.19 bits per heavy atom. The lowest BCUT2D eigenvalue weighted by Crippen LogP contribution is -2.40. The molecule has 1 aliphatic heterocycles. The summed E-state index contributed by atoms with van der Waals surface area (Å²) in [6.07, 6.45) is 1.94. The standard InChI is InChI=1S/C19H18ClFN4S/c20-13-1-6-16-17(11-13)24-18(23-16)12-7-9-25(10-8-12)19(26)22-15-4-2-14(21)3-5-15/h1-6,11-12H,7-10H2,(H,22,26)(H,23,24). The van der Waals surface area contributed by atoms with Gasteiger partial charge in [0.2, 0.25) is 0 Å². The monoisotopic (exact) mass is 388 g/mol. The third-order valence-electron chi connectivity index (χ3n) is 4.73. The molecule has 0 saturated carbocycles. The average molecular weight is 389 g/mol. The molecule has 2 heterocycles.